The molecule has 0 saturated heterocycles. The predicted octanol–water partition coefficient (Wildman–Crippen LogP) is 4.74. The van der Waals surface area contributed by atoms with Gasteiger partial charge in [0.1, 0.15) is 6.61 Å². The molecule has 0 bridgehead atoms. The lowest BCUT2D eigenvalue weighted by molar-refractivity contribution is 0.269. The first kappa shape index (κ1) is 30.6. The van der Waals surface area contributed by atoms with Crippen molar-refractivity contribution in [2.75, 3.05) is 62.4 Å². The molecule has 1 atom stereocenters. The lowest BCUT2D eigenvalue weighted by atomic mass is 9.69. The highest BCUT2D eigenvalue weighted by Crippen LogP contribution is 2.46. The summed E-state index contributed by atoms with van der Waals surface area (Å²) in [6.45, 7) is 5.49. The van der Waals surface area contributed by atoms with Crippen LogP contribution in [0.2, 0.25) is 0 Å². The zero-order chi connectivity index (χ0) is 28.3. The maximum Gasteiger partial charge on any atom is 0.210 e. The number of nitriles is 1. The molecule has 2 aromatic rings. The number of nitrogens with zero attached hydrogens (tertiary/aromatic N) is 1. The van der Waals surface area contributed by atoms with Crippen LogP contribution in [-0.4, -0.2) is 62.4 Å². The van der Waals surface area contributed by atoms with E-state index in [1.165, 1.54) is 27.4 Å². The number of hydrogen-bond acceptors (Lipinski definition) is 9. The van der Waals surface area contributed by atoms with E-state index in [0.29, 0.717) is 36.8 Å². The molecule has 9 nitrogen and oxygen atoms in total. The Bertz CT molecular complexity index is 1080. The molecule has 0 fully saturated rings. The molecular weight excluding hydrogens is 495 g/mol. The predicted molar refractivity (Wildman–Crippen MR) is 142 cm³/mol. The molecule has 2 rings (SSSR count). The molecule has 210 valence electrons. The fourth-order valence-electron chi connectivity index (χ4n) is 4.45. The number of hydrogen-bond donors (Lipinski definition) is 1. The largest absolute Gasteiger partial charge is 0.493 e. The van der Waals surface area contributed by atoms with Crippen molar-refractivity contribution in [3.8, 4) is 46.3 Å². The van der Waals surface area contributed by atoms with Crippen molar-refractivity contribution in [2.24, 2.45) is 5.92 Å². The van der Waals surface area contributed by atoms with E-state index in [1.54, 1.807) is 21.3 Å². The van der Waals surface area contributed by atoms with E-state index in [9.17, 15) is 9.65 Å². The second-order valence-corrected chi connectivity index (χ2v) is 8.81. The summed E-state index contributed by atoms with van der Waals surface area (Å²) in [6.07, 6.45) is 1.35. The Balaban J connectivity index is 2.04. The second-order valence-electron chi connectivity index (χ2n) is 8.81. The summed E-state index contributed by atoms with van der Waals surface area (Å²) >= 11 is 0. The van der Waals surface area contributed by atoms with Crippen LogP contribution in [-0.2, 0) is 5.41 Å². The zero-order valence-corrected chi connectivity index (χ0v) is 23.5. The topological polar surface area (TPSA) is 100 Å². The van der Waals surface area contributed by atoms with E-state index in [4.69, 9.17) is 33.2 Å². The van der Waals surface area contributed by atoms with Crippen molar-refractivity contribution in [2.45, 2.75) is 32.1 Å². The second kappa shape index (κ2) is 14.4. The van der Waals surface area contributed by atoms with Crippen LogP contribution in [0.3, 0.4) is 0 Å². The first-order valence-electron chi connectivity index (χ1n) is 12.3. The quantitative estimate of drug-likeness (QED) is 0.306. The van der Waals surface area contributed by atoms with Gasteiger partial charge in [-0.2, -0.15) is 5.26 Å². The van der Waals surface area contributed by atoms with Crippen molar-refractivity contribution in [3.05, 3.63) is 29.6 Å². The molecule has 10 heteroatoms. The molecule has 1 unspecified atom stereocenters. The first-order valence-corrected chi connectivity index (χ1v) is 12.3. The van der Waals surface area contributed by atoms with Gasteiger partial charge in [-0.3, -0.25) is 0 Å². The van der Waals surface area contributed by atoms with Crippen molar-refractivity contribution in [1.82, 2.24) is 5.32 Å². The molecule has 0 amide bonds. The minimum absolute atomic E-state index is 0.0334. The summed E-state index contributed by atoms with van der Waals surface area (Å²) < 4.78 is 52.2. The first-order chi connectivity index (χ1) is 18.3. The Morgan fingerprint density at radius 2 is 1.37 bits per heavy atom. The third-order valence-corrected chi connectivity index (χ3v) is 6.55. The van der Waals surface area contributed by atoms with Gasteiger partial charge in [-0.1, -0.05) is 13.8 Å². The Labute approximate surface area is 224 Å². The van der Waals surface area contributed by atoms with Gasteiger partial charge in [0.25, 0.3) is 0 Å². The van der Waals surface area contributed by atoms with E-state index < -0.39 is 11.2 Å². The van der Waals surface area contributed by atoms with Gasteiger partial charge in [0, 0.05) is 12.6 Å². The monoisotopic (exact) mass is 534 g/mol. The Morgan fingerprint density at radius 3 is 1.84 bits per heavy atom. The summed E-state index contributed by atoms with van der Waals surface area (Å²) in [5.41, 5.74) is 0.0608. The van der Waals surface area contributed by atoms with Gasteiger partial charge in [-0.05, 0) is 43.0 Å². The summed E-state index contributed by atoms with van der Waals surface area (Å²) in [6, 6.07) is 7.46. The zero-order valence-electron chi connectivity index (χ0n) is 23.5. The maximum absolute atomic E-state index is 14.4. The third kappa shape index (κ3) is 6.45. The van der Waals surface area contributed by atoms with Crippen LogP contribution in [0.25, 0.3) is 0 Å². The molecule has 0 aliphatic carbocycles. The van der Waals surface area contributed by atoms with E-state index in [-0.39, 0.29) is 35.5 Å². The maximum atomic E-state index is 14.4. The lowest BCUT2D eigenvalue weighted by Gasteiger charge is -2.32. The summed E-state index contributed by atoms with van der Waals surface area (Å²) in [5, 5.41) is 13.6. The van der Waals surface area contributed by atoms with E-state index >= 15 is 0 Å². The van der Waals surface area contributed by atoms with Crippen molar-refractivity contribution < 1.29 is 37.5 Å². The SMILES string of the molecule is COc1cc(C(C#N)(CCCNCCOc2cc(F)c(OC)c(OC)c2OC)C(C)C)cc(OC)c1OC. The number of benzene rings is 2. The van der Waals surface area contributed by atoms with Crippen LogP contribution in [0.5, 0.6) is 40.2 Å². The molecule has 1 N–H and O–H groups in total. The molecule has 0 aliphatic heterocycles. The highest BCUT2D eigenvalue weighted by atomic mass is 19.1. The molecule has 0 aliphatic rings. The Morgan fingerprint density at radius 1 is 0.789 bits per heavy atom. The lowest BCUT2D eigenvalue weighted by Crippen LogP contribution is -2.32. The molecule has 0 heterocycles. The molecule has 0 saturated carbocycles. The highest BCUT2D eigenvalue weighted by molar-refractivity contribution is 5.60. The Hall–Kier alpha value is -3.58. The molecule has 2 aromatic carbocycles. The molecule has 0 spiro atoms. The summed E-state index contributed by atoms with van der Waals surface area (Å²) in [5.74, 6) is 1.50. The molecule has 38 heavy (non-hydrogen) atoms. The highest BCUT2D eigenvalue weighted by Gasteiger charge is 2.37. The minimum atomic E-state index is -0.754. The average Bonchev–Trinajstić information content (AvgIpc) is 2.93. The van der Waals surface area contributed by atoms with Gasteiger partial charge in [0.2, 0.25) is 23.0 Å². The van der Waals surface area contributed by atoms with Crippen LogP contribution in [0.1, 0.15) is 32.3 Å². The van der Waals surface area contributed by atoms with Gasteiger partial charge >= 0.3 is 0 Å². The fourth-order valence-corrected chi connectivity index (χ4v) is 4.45. The molecule has 0 radical (unpaired) electrons. The number of methoxy groups -OCH3 is 6. The number of nitrogens with one attached hydrogen (secondary N) is 1. The van der Waals surface area contributed by atoms with E-state index in [2.05, 4.69) is 11.4 Å². The normalized spacial score (nSPS) is 12.3. The van der Waals surface area contributed by atoms with Gasteiger partial charge in [0.15, 0.2) is 23.1 Å². The number of rotatable bonds is 16. The standard InChI is InChI=1S/C28H39FN2O7/c1-18(2)28(17-30,19-14-21(32-3)25(35-6)22(15-19)33-4)10-9-11-31-12-13-38-23-16-20(29)24(34-5)27(37-8)26(23)36-7/h14-16,18,31H,9-13H2,1-8H3. The van der Waals surface area contributed by atoms with Crippen LogP contribution in [0, 0.1) is 23.1 Å². The summed E-state index contributed by atoms with van der Waals surface area (Å²) in [4.78, 5) is 0. The number of halogens is 1. The van der Waals surface area contributed by atoms with Crippen LogP contribution >= 0.6 is 0 Å². The van der Waals surface area contributed by atoms with Crippen LogP contribution in [0.15, 0.2) is 18.2 Å². The summed E-state index contributed by atoms with van der Waals surface area (Å²) in [7, 11) is 8.87. The van der Waals surface area contributed by atoms with Gasteiger partial charge in [0.05, 0.1) is 54.1 Å². The van der Waals surface area contributed by atoms with Gasteiger partial charge in [-0.25, -0.2) is 4.39 Å². The van der Waals surface area contributed by atoms with Gasteiger partial charge < -0.3 is 38.5 Å². The molecule has 0 aromatic heterocycles. The van der Waals surface area contributed by atoms with Crippen LogP contribution < -0.4 is 38.5 Å². The van der Waals surface area contributed by atoms with E-state index in [0.717, 1.165) is 12.0 Å². The average molecular weight is 535 g/mol. The minimum Gasteiger partial charge on any atom is -0.493 e. The molecular formula is C28H39FN2O7. The van der Waals surface area contributed by atoms with E-state index in [1.807, 2.05) is 26.0 Å². The van der Waals surface area contributed by atoms with Gasteiger partial charge in [-0.15, -0.1) is 0 Å². The fraction of sp³-hybridized carbons (Fsp3) is 0.536. The van der Waals surface area contributed by atoms with Crippen LogP contribution in [0.4, 0.5) is 4.39 Å². The van der Waals surface area contributed by atoms with Crippen molar-refractivity contribution in [1.29, 1.82) is 5.26 Å². The van der Waals surface area contributed by atoms with Crippen molar-refractivity contribution >= 4 is 0 Å². The third-order valence-electron chi connectivity index (χ3n) is 6.55. The Kier molecular flexibility index (Phi) is 11.6. The van der Waals surface area contributed by atoms with Crippen molar-refractivity contribution in [3.63, 3.8) is 0 Å². The smallest absolute Gasteiger partial charge is 0.210 e. The number of ether oxygens (including phenoxy) is 7.